The molecular weight excluding hydrogens is 269 g/mol. The summed E-state index contributed by atoms with van der Waals surface area (Å²) in [5, 5.41) is 5.58. The van der Waals surface area contributed by atoms with Crippen molar-refractivity contribution in [2.75, 3.05) is 6.54 Å². The molecule has 0 radical (unpaired) electrons. The summed E-state index contributed by atoms with van der Waals surface area (Å²) in [5.74, 6) is -0.108. The highest BCUT2D eigenvalue weighted by Gasteiger charge is 2.11. The molecule has 0 spiro atoms. The Morgan fingerprint density at radius 2 is 2.15 bits per heavy atom. The van der Waals surface area contributed by atoms with Crippen LogP contribution in [-0.4, -0.2) is 6.54 Å². The summed E-state index contributed by atoms with van der Waals surface area (Å²) in [5.41, 5.74) is 1.77. The van der Waals surface area contributed by atoms with E-state index in [4.69, 9.17) is 0 Å². The molecule has 1 aromatic heterocycles. The molecule has 0 aliphatic carbocycles. The number of rotatable bonds is 7. The second kappa shape index (κ2) is 7.55. The number of thiophene rings is 1. The number of hydrogen-bond donors (Lipinski definition) is 1. The van der Waals surface area contributed by atoms with Crippen LogP contribution in [0.1, 0.15) is 41.8 Å². The summed E-state index contributed by atoms with van der Waals surface area (Å²) in [6.07, 6.45) is 3.26. The average Bonchev–Trinajstić information content (AvgIpc) is 2.94. The van der Waals surface area contributed by atoms with E-state index in [9.17, 15) is 4.39 Å². The van der Waals surface area contributed by atoms with Gasteiger partial charge in [0.2, 0.25) is 0 Å². The number of hydrogen-bond acceptors (Lipinski definition) is 2. The van der Waals surface area contributed by atoms with Gasteiger partial charge in [-0.15, -0.1) is 11.3 Å². The minimum absolute atomic E-state index is 0.108. The minimum Gasteiger partial charge on any atom is -0.310 e. The predicted molar refractivity (Wildman–Crippen MR) is 84.8 cm³/mol. The highest BCUT2D eigenvalue weighted by Crippen LogP contribution is 2.22. The van der Waals surface area contributed by atoms with Crippen LogP contribution in [0.5, 0.6) is 0 Å². The molecule has 0 aliphatic rings. The summed E-state index contributed by atoms with van der Waals surface area (Å²) in [7, 11) is 0. The van der Waals surface area contributed by atoms with Gasteiger partial charge in [-0.25, -0.2) is 4.39 Å². The van der Waals surface area contributed by atoms with E-state index in [1.807, 2.05) is 23.5 Å². The lowest BCUT2D eigenvalue weighted by Crippen LogP contribution is -2.21. The monoisotopic (exact) mass is 291 g/mol. The van der Waals surface area contributed by atoms with Crippen LogP contribution in [0.2, 0.25) is 0 Å². The Kier molecular flexibility index (Phi) is 5.74. The standard InChI is InChI=1S/C17H22FNS/c1-3-19-17(8-4-6-15-7-5-11-20-15)14-10-9-13(2)16(18)12-14/h5,7,9-12,17,19H,3-4,6,8H2,1-2H3. The van der Waals surface area contributed by atoms with Crippen LogP contribution in [0.4, 0.5) is 4.39 Å². The molecule has 1 N–H and O–H groups in total. The fourth-order valence-corrected chi connectivity index (χ4v) is 3.15. The van der Waals surface area contributed by atoms with Gasteiger partial charge in [-0.2, -0.15) is 0 Å². The summed E-state index contributed by atoms with van der Waals surface area (Å²) in [4.78, 5) is 1.43. The third-order valence-corrected chi connectivity index (χ3v) is 4.48. The van der Waals surface area contributed by atoms with Gasteiger partial charge < -0.3 is 5.32 Å². The fourth-order valence-electron chi connectivity index (χ4n) is 2.39. The van der Waals surface area contributed by atoms with Gasteiger partial charge in [-0.3, -0.25) is 0 Å². The molecule has 3 heteroatoms. The van der Waals surface area contributed by atoms with Gasteiger partial charge in [0.1, 0.15) is 5.82 Å². The van der Waals surface area contributed by atoms with E-state index in [-0.39, 0.29) is 11.9 Å². The lowest BCUT2D eigenvalue weighted by Gasteiger charge is -2.18. The van der Waals surface area contributed by atoms with Crippen LogP contribution < -0.4 is 5.32 Å². The average molecular weight is 291 g/mol. The van der Waals surface area contributed by atoms with E-state index < -0.39 is 0 Å². The van der Waals surface area contributed by atoms with Gasteiger partial charge in [0, 0.05) is 10.9 Å². The third kappa shape index (κ3) is 4.15. The molecule has 20 heavy (non-hydrogen) atoms. The number of aryl methyl sites for hydroxylation is 2. The van der Waals surface area contributed by atoms with E-state index in [1.54, 1.807) is 13.0 Å². The molecule has 0 amide bonds. The molecule has 0 saturated heterocycles. The van der Waals surface area contributed by atoms with E-state index in [0.717, 1.165) is 31.4 Å². The van der Waals surface area contributed by atoms with Gasteiger partial charge in [-0.1, -0.05) is 25.1 Å². The van der Waals surface area contributed by atoms with E-state index in [2.05, 4.69) is 29.8 Å². The molecule has 0 fully saturated rings. The number of nitrogens with one attached hydrogen (secondary N) is 1. The molecule has 1 aromatic carbocycles. The maximum Gasteiger partial charge on any atom is 0.126 e. The SMILES string of the molecule is CCNC(CCCc1cccs1)c1ccc(C)c(F)c1. The Morgan fingerprint density at radius 1 is 1.30 bits per heavy atom. The molecule has 1 nitrogen and oxygen atoms in total. The minimum atomic E-state index is -0.108. The fraction of sp³-hybridized carbons (Fsp3) is 0.412. The molecule has 108 valence electrons. The Morgan fingerprint density at radius 3 is 2.80 bits per heavy atom. The first-order valence-electron chi connectivity index (χ1n) is 7.22. The van der Waals surface area contributed by atoms with Crippen molar-refractivity contribution in [2.24, 2.45) is 0 Å². The van der Waals surface area contributed by atoms with Gasteiger partial charge in [0.25, 0.3) is 0 Å². The van der Waals surface area contributed by atoms with Crippen LogP contribution in [0, 0.1) is 12.7 Å². The Hall–Kier alpha value is -1.19. The zero-order chi connectivity index (χ0) is 14.4. The molecule has 1 heterocycles. The van der Waals surface area contributed by atoms with E-state index >= 15 is 0 Å². The quantitative estimate of drug-likeness (QED) is 0.767. The Balaban J connectivity index is 1.96. The molecule has 0 saturated carbocycles. The van der Waals surface area contributed by atoms with Crippen molar-refractivity contribution in [3.63, 3.8) is 0 Å². The van der Waals surface area contributed by atoms with E-state index in [1.165, 1.54) is 4.88 Å². The molecular formula is C17H22FNS. The molecule has 0 bridgehead atoms. The molecule has 2 aromatic rings. The van der Waals surface area contributed by atoms with Crippen LogP contribution in [0.3, 0.4) is 0 Å². The lowest BCUT2D eigenvalue weighted by atomic mass is 9.99. The first-order valence-corrected chi connectivity index (χ1v) is 8.10. The lowest BCUT2D eigenvalue weighted by molar-refractivity contribution is 0.495. The third-order valence-electron chi connectivity index (χ3n) is 3.54. The van der Waals surface area contributed by atoms with Crippen molar-refractivity contribution in [3.05, 3.63) is 57.5 Å². The summed E-state index contributed by atoms with van der Waals surface area (Å²) in [6.45, 7) is 4.80. The Labute approximate surface area is 124 Å². The highest BCUT2D eigenvalue weighted by atomic mass is 32.1. The smallest absolute Gasteiger partial charge is 0.126 e. The van der Waals surface area contributed by atoms with Crippen LogP contribution in [-0.2, 0) is 6.42 Å². The number of benzene rings is 1. The molecule has 2 rings (SSSR count). The maximum absolute atomic E-state index is 13.7. The van der Waals surface area contributed by atoms with Gasteiger partial charge in [-0.05, 0) is 61.4 Å². The largest absolute Gasteiger partial charge is 0.310 e. The van der Waals surface area contributed by atoms with Crippen molar-refractivity contribution in [3.8, 4) is 0 Å². The van der Waals surface area contributed by atoms with Gasteiger partial charge in [0.05, 0.1) is 0 Å². The Bertz CT molecular complexity index is 522. The zero-order valence-electron chi connectivity index (χ0n) is 12.2. The molecule has 1 atom stereocenters. The topological polar surface area (TPSA) is 12.0 Å². The van der Waals surface area contributed by atoms with Crippen molar-refractivity contribution in [2.45, 2.75) is 39.2 Å². The first-order chi connectivity index (χ1) is 9.70. The van der Waals surface area contributed by atoms with Crippen molar-refractivity contribution in [1.29, 1.82) is 0 Å². The van der Waals surface area contributed by atoms with Crippen molar-refractivity contribution < 1.29 is 4.39 Å². The summed E-state index contributed by atoms with van der Waals surface area (Å²) >= 11 is 1.81. The predicted octanol–water partition coefficient (Wildman–Crippen LogP) is 4.87. The van der Waals surface area contributed by atoms with E-state index in [0.29, 0.717) is 5.56 Å². The number of halogens is 1. The van der Waals surface area contributed by atoms with Gasteiger partial charge >= 0.3 is 0 Å². The van der Waals surface area contributed by atoms with Gasteiger partial charge in [0.15, 0.2) is 0 Å². The second-order valence-corrected chi connectivity index (χ2v) is 6.12. The van der Waals surface area contributed by atoms with Crippen molar-refractivity contribution in [1.82, 2.24) is 5.32 Å². The van der Waals surface area contributed by atoms with Crippen LogP contribution in [0.15, 0.2) is 35.7 Å². The molecule has 1 unspecified atom stereocenters. The second-order valence-electron chi connectivity index (χ2n) is 5.09. The molecule has 0 aliphatic heterocycles. The maximum atomic E-state index is 13.7. The van der Waals surface area contributed by atoms with Crippen LogP contribution in [0.25, 0.3) is 0 Å². The highest BCUT2D eigenvalue weighted by molar-refractivity contribution is 7.09. The summed E-state index contributed by atoms with van der Waals surface area (Å²) < 4.78 is 13.7. The summed E-state index contributed by atoms with van der Waals surface area (Å²) in [6, 6.07) is 10.1. The van der Waals surface area contributed by atoms with Crippen LogP contribution >= 0.6 is 11.3 Å². The zero-order valence-corrected chi connectivity index (χ0v) is 13.0. The first kappa shape index (κ1) is 15.2. The normalized spacial score (nSPS) is 12.6. The van der Waals surface area contributed by atoms with Crippen molar-refractivity contribution >= 4 is 11.3 Å².